The van der Waals surface area contributed by atoms with Crippen molar-refractivity contribution in [3.8, 4) is 5.75 Å². The summed E-state index contributed by atoms with van der Waals surface area (Å²) in [6.45, 7) is 1.70. The number of hydrogen-bond donors (Lipinski definition) is 1. The molecule has 5 heteroatoms. The lowest BCUT2D eigenvalue weighted by atomic mass is 9.96. The third-order valence-corrected chi connectivity index (χ3v) is 3.70. The minimum atomic E-state index is -1.03. The van der Waals surface area contributed by atoms with Crippen molar-refractivity contribution in [2.45, 2.75) is 13.0 Å². The van der Waals surface area contributed by atoms with E-state index in [2.05, 4.69) is 15.9 Å². The summed E-state index contributed by atoms with van der Waals surface area (Å²) in [4.78, 5) is 0. The summed E-state index contributed by atoms with van der Waals surface area (Å²) in [7, 11) is 1.40. The van der Waals surface area contributed by atoms with Crippen LogP contribution < -0.4 is 4.74 Å². The Morgan fingerprint density at radius 3 is 2.45 bits per heavy atom. The van der Waals surface area contributed by atoms with E-state index in [0.717, 1.165) is 0 Å². The van der Waals surface area contributed by atoms with Crippen molar-refractivity contribution >= 4 is 15.9 Å². The monoisotopic (exact) mass is 342 g/mol. The number of aryl methyl sites for hydroxylation is 1. The molecular weight excluding hydrogens is 330 g/mol. The number of aliphatic hydroxyl groups excluding tert-OH is 1. The van der Waals surface area contributed by atoms with Gasteiger partial charge in [-0.3, -0.25) is 0 Å². The first-order valence-electron chi connectivity index (χ1n) is 5.91. The second kappa shape index (κ2) is 5.89. The fourth-order valence-electron chi connectivity index (χ4n) is 2.05. The van der Waals surface area contributed by atoms with Crippen LogP contribution >= 0.6 is 15.9 Å². The summed E-state index contributed by atoms with van der Waals surface area (Å²) in [6.07, 6.45) is -1.03. The van der Waals surface area contributed by atoms with Crippen LogP contribution in [0.4, 0.5) is 8.78 Å². The molecule has 0 aliphatic rings. The van der Waals surface area contributed by atoms with Gasteiger partial charge >= 0.3 is 0 Å². The molecule has 0 heterocycles. The molecule has 1 unspecified atom stereocenters. The lowest BCUT2D eigenvalue weighted by Gasteiger charge is -2.18. The van der Waals surface area contributed by atoms with Crippen LogP contribution in [0, 0.1) is 18.6 Å². The van der Waals surface area contributed by atoms with Gasteiger partial charge in [-0.15, -0.1) is 0 Å². The number of hydrogen-bond acceptors (Lipinski definition) is 2. The molecule has 106 valence electrons. The van der Waals surface area contributed by atoms with Crippen LogP contribution in [0.15, 0.2) is 34.8 Å². The van der Waals surface area contributed by atoms with Crippen molar-refractivity contribution in [3.63, 3.8) is 0 Å². The first kappa shape index (κ1) is 14.9. The standard InChI is InChI=1S/C15H13BrF2O2/c1-8-5-9(17)3-4-10(8)15(19)11-6-12(16)13(18)7-14(11)20-2/h3-7,15,19H,1-2H3. The number of halogens is 3. The normalized spacial score (nSPS) is 12.3. The van der Waals surface area contributed by atoms with E-state index >= 15 is 0 Å². The van der Waals surface area contributed by atoms with Crippen LogP contribution in [0.1, 0.15) is 22.8 Å². The highest BCUT2D eigenvalue weighted by molar-refractivity contribution is 9.10. The Morgan fingerprint density at radius 1 is 1.15 bits per heavy atom. The van der Waals surface area contributed by atoms with Crippen molar-refractivity contribution in [2.24, 2.45) is 0 Å². The minimum absolute atomic E-state index is 0.229. The SMILES string of the molecule is COc1cc(F)c(Br)cc1C(O)c1ccc(F)cc1C. The third kappa shape index (κ3) is 2.83. The molecule has 0 amide bonds. The average molecular weight is 343 g/mol. The quantitative estimate of drug-likeness (QED) is 0.908. The van der Waals surface area contributed by atoms with Gasteiger partial charge in [0.15, 0.2) is 0 Å². The Bertz CT molecular complexity index is 644. The van der Waals surface area contributed by atoms with Gasteiger partial charge in [-0.25, -0.2) is 8.78 Å². The molecule has 0 aromatic heterocycles. The summed E-state index contributed by atoms with van der Waals surface area (Å²) in [6, 6.07) is 6.77. The maximum absolute atomic E-state index is 13.5. The number of rotatable bonds is 3. The Balaban J connectivity index is 2.52. The highest BCUT2D eigenvalue weighted by Gasteiger charge is 2.19. The minimum Gasteiger partial charge on any atom is -0.496 e. The topological polar surface area (TPSA) is 29.5 Å². The first-order valence-corrected chi connectivity index (χ1v) is 6.70. The maximum atomic E-state index is 13.5. The fraction of sp³-hybridized carbons (Fsp3) is 0.200. The molecule has 0 bridgehead atoms. The molecule has 2 aromatic carbocycles. The second-order valence-corrected chi connectivity index (χ2v) is 5.27. The van der Waals surface area contributed by atoms with Crippen LogP contribution in [0.3, 0.4) is 0 Å². The highest BCUT2D eigenvalue weighted by Crippen LogP contribution is 2.35. The summed E-state index contributed by atoms with van der Waals surface area (Å²) in [5.41, 5.74) is 1.57. The van der Waals surface area contributed by atoms with Crippen molar-refractivity contribution in [3.05, 3.63) is 63.1 Å². The smallest absolute Gasteiger partial charge is 0.141 e. The van der Waals surface area contributed by atoms with Gasteiger partial charge in [0, 0.05) is 11.6 Å². The lowest BCUT2D eigenvalue weighted by Crippen LogP contribution is -2.05. The van der Waals surface area contributed by atoms with Gasteiger partial charge in [-0.1, -0.05) is 6.07 Å². The second-order valence-electron chi connectivity index (χ2n) is 4.41. The van der Waals surface area contributed by atoms with E-state index in [0.29, 0.717) is 16.7 Å². The predicted molar refractivity (Wildman–Crippen MR) is 75.9 cm³/mol. The molecule has 0 saturated heterocycles. The van der Waals surface area contributed by atoms with Gasteiger partial charge in [0.25, 0.3) is 0 Å². The average Bonchev–Trinajstić information content (AvgIpc) is 2.40. The Labute approximate surface area is 124 Å². The Morgan fingerprint density at radius 2 is 1.85 bits per heavy atom. The van der Waals surface area contributed by atoms with Gasteiger partial charge in [-0.2, -0.15) is 0 Å². The number of aliphatic hydroxyl groups is 1. The lowest BCUT2D eigenvalue weighted by molar-refractivity contribution is 0.213. The van der Waals surface area contributed by atoms with Gasteiger partial charge in [0.1, 0.15) is 23.5 Å². The Hall–Kier alpha value is -1.46. The molecule has 2 rings (SSSR count). The van der Waals surface area contributed by atoms with Crippen LogP contribution in [0.2, 0.25) is 0 Å². The molecule has 20 heavy (non-hydrogen) atoms. The molecule has 0 fully saturated rings. The summed E-state index contributed by atoms with van der Waals surface area (Å²) >= 11 is 3.08. The van der Waals surface area contributed by atoms with E-state index < -0.39 is 11.9 Å². The molecule has 0 aliphatic heterocycles. The van der Waals surface area contributed by atoms with Gasteiger partial charge in [-0.05, 0) is 52.2 Å². The summed E-state index contributed by atoms with van der Waals surface area (Å²) in [5.74, 6) is -0.610. The van der Waals surface area contributed by atoms with Crippen molar-refractivity contribution < 1.29 is 18.6 Å². The zero-order valence-electron chi connectivity index (χ0n) is 11.0. The summed E-state index contributed by atoms with van der Waals surface area (Å²) < 4.78 is 31.9. The van der Waals surface area contributed by atoms with E-state index in [4.69, 9.17) is 4.74 Å². The van der Waals surface area contributed by atoms with Gasteiger partial charge < -0.3 is 9.84 Å². The molecule has 1 N–H and O–H groups in total. The van der Waals surface area contributed by atoms with Crippen molar-refractivity contribution in [2.75, 3.05) is 7.11 Å². The van der Waals surface area contributed by atoms with E-state index in [-0.39, 0.29) is 16.0 Å². The fourth-order valence-corrected chi connectivity index (χ4v) is 2.41. The predicted octanol–water partition coefficient (Wildman–Crippen LogP) is 4.13. The van der Waals surface area contributed by atoms with Crippen LogP contribution in [0.5, 0.6) is 5.75 Å². The van der Waals surface area contributed by atoms with E-state index in [1.807, 2.05) is 0 Å². The maximum Gasteiger partial charge on any atom is 0.141 e. The van der Waals surface area contributed by atoms with Crippen molar-refractivity contribution in [1.29, 1.82) is 0 Å². The number of benzene rings is 2. The summed E-state index contributed by atoms with van der Waals surface area (Å²) in [5, 5.41) is 10.4. The first-order chi connectivity index (χ1) is 9.43. The number of methoxy groups -OCH3 is 1. The van der Waals surface area contributed by atoms with Crippen molar-refractivity contribution in [1.82, 2.24) is 0 Å². The molecular formula is C15H13BrF2O2. The van der Waals surface area contributed by atoms with Crippen LogP contribution in [0.25, 0.3) is 0 Å². The van der Waals surface area contributed by atoms with E-state index in [1.165, 1.54) is 37.4 Å². The molecule has 0 spiro atoms. The molecule has 0 radical (unpaired) electrons. The molecule has 1 atom stereocenters. The molecule has 0 aliphatic carbocycles. The van der Waals surface area contributed by atoms with Gasteiger partial charge in [0.05, 0.1) is 11.6 Å². The van der Waals surface area contributed by atoms with E-state index in [9.17, 15) is 13.9 Å². The highest BCUT2D eigenvalue weighted by atomic mass is 79.9. The van der Waals surface area contributed by atoms with Crippen LogP contribution in [-0.4, -0.2) is 12.2 Å². The molecule has 0 saturated carbocycles. The van der Waals surface area contributed by atoms with E-state index in [1.54, 1.807) is 6.92 Å². The zero-order valence-corrected chi connectivity index (χ0v) is 12.5. The van der Waals surface area contributed by atoms with Gasteiger partial charge in [0.2, 0.25) is 0 Å². The number of ether oxygens (including phenoxy) is 1. The van der Waals surface area contributed by atoms with Crippen LogP contribution in [-0.2, 0) is 0 Å². The molecule has 2 nitrogen and oxygen atoms in total. The molecule has 2 aromatic rings. The Kier molecular flexibility index (Phi) is 4.40. The third-order valence-electron chi connectivity index (χ3n) is 3.09. The zero-order chi connectivity index (χ0) is 14.9. The largest absolute Gasteiger partial charge is 0.496 e.